The highest BCUT2D eigenvalue weighted by Gasteiger charge is 2.22. The zero-order chi connectivity index (χ0) is 24.1. The number of hydrogen-bond donors (Lipinski definition) is 1. The Balaban J connectivity index is 1.46. The number of carbonyl (C=O) groups excluding carboxylic acids is 2. The van der Waals surface area contributed by atoms with E-state index in [9.17, 15) is 18.4 Å². The minimum atomic E-state index is -0.925. The number of aromatic nitrogens is 1. The predicted molar refractivity (Wildman–Crippen MR) is 131 cm³/mol. The minimum absolute atomic E-state index is 0.150. The van der Waals surface area contributed by atoms with Gasteiger partial charge in [0.05, 0.1) is 21.5 Å². The maximum Gasteiger partial charge on any atom is 0.254 e. The second-order valence-corrected chi connectivity index (χ2v) is 8.71. The van der Waals surface area contributed by atoms with Crippen molar-refractivity contribution in [1.29, 1.82) is 0 Å². The number of rotatable bonds is 8. The molecule has 0 aliphatic carbocycles. The molecule has 1 aromatic heterocycles. The molecule has 0 spiro atoms. The topological polar surface area (TPSA) is 62.3 Å². The number of anilines is 2. The van der Waals surface area contributed by atoms with E-state index in [2.05, 4.69) is 17.2 Å². The predicted octanol–water partition coefficient (Wildman–Crippen LogP) is 6.01. The van der Waals surface area contributed by atoms with Crippen LogP contribution >= 0.6 is 11.3 Å². The standard InChI is InChI=1S/C26H23F2N3O2S/c1-2-17-9-12-19(13-10-17)31(26-30-22-6-3-4-7-23(22)34-26)24(32)8-5-15-29-25(33)20-14-11-18(27)16-21(20)28/h3-4,6-7,9-14,16H,2,5,8,15H2,1H3,(H,29,33). The Morgan fingerprint density at radius 1 is 1.03 bits per heavy atom. The summed E-state index contributed by atoms with van der Waals surface area (Å²) in [6, 6.07) is 18.3. The molecule has 3 aromatic carbocycles. The molecular weight excluding hydrogens is 456 g/mol. The molecule has 0 saturated heterocycles. The van der Waals surface area contributed by atoms with Crippen molar-refractivity contribution in [2.45, 2.75) is 26.2 Å². The van der Waals surface area contributed by atoms with E-state index in [0.717, 1.165) is 40.0 Å². The number of aryl methyl sites for hydroxylation is 1. The molecule has 5 nitrogen and oxygen atoms in total. The van der Waals surface area contributed by atoms with E-state index < -0.39 is 17.5 Å². The molecule has 2 amide bonds. The van der Waals surface area contributed by atoms with Crippen LogP contribution in [0.4, 0.5) is 19.6 Å². The van der Waals surface area contributed by atoms with Crippen LogP contribution in [0.5, 0.6) is 0 Å². The summed E-state index contributed by atoms with van der Waals surface area (Å²) < 4.78 is 27.8. The lowest BCUT2D eigenvalue weighted by Gasteiger charge is -2.20. The number of amides is 2. The smallest absolute Gasteiger partial charge is 0.254 e. The van der Waals surface area contributed by atoms with E-state index in [-0.39, 0.29) is 24.4 Å². The molecule has 1 N–H and O–H groups in total. The number of benzene rings is 3. The van der Waals surface area contributed by atoms with Gasteiger partial charge in [-0.1, -0.05) is 42.5 Å². The first kappa shape index (κ1) is 23.5. The summed E-state index contributed by atoms with van der Waals surface area (Å²) >= 11 is 1.43. The fourth-order valence-electron chi connectivity index (χ4n) is 3.52. The lowest BCUT2D eigenvalue weighted by Crippen LogP contribution is -2.29. The Morgan fingerprint density at radius 3 is 2.50 bits per heavy atom. The summed E-state index contributed by atoms with van der Waals surface area (Å²) in [5, 5.41) is 3.16. The van der Waals surface area contributed by atoms with Crippen LogP contribution in [-0.2, 0) is 11.2 Å². The maximum absolute atomic E-state index is 13.8. The molecule has 0 unspecified atom stereocenters. The molecule has 8 heteroatoms. The molecule has 0 atom stereocenters. The first-order valence-corrected chi connectivity index (χ1v) is 11.8. The van der Waals surface area contributed by atoms with Crippen LogP contribution in [0.3, 0.4) is 0 Å². The van der Waals surface area contributed by atoms with Gasteiger partial charge in [0.25, 0.3) is 5.91 Å². The monoisotopic (exact) mass is 479 g/mol. The summed E-state index contributed by atoms with van der Waals surface area (Å²) in [5.41, 5.74) is 2.47. The van der Waals surface area contributed by atoms with Crippen molar-refractivity contribution >= 4 is 44.2 Å². The average Bonchev–Trinajstić information content (AvgIpc) is 3.26. The number of hydrogen-bond acceptors (Lipinski definition) is 4. The van der Waals surface area contributed by atoms with Crippen LogP contribution in [0, 0.1) is 11.6 Å². The van der Waals surface area contributed by atoms with E-state index >= 15 is 0 Å². The van der Waals surface area contributed by atoms with Gasteiger partial charge in [0.1, 0.15) is 11.6 Å². The molecule has 0 aliphatic heterocycles. The molecule has 4 aromatic rings. The van der Waals surface area contributed by atoms with Gasteiger partial charge in [-0.15, -0.1) is 0 Å². The van der Waals surface area contributed by atoms with Crippen LogP contribution in [0.25, 0.3) is 10.2 Å². The summed E-state index contributed by atoms with van der Waals surface area (Å²) in [5.74, 6) is -2.48. The normalized spacial score (nSPS) is 10.9. The summed E-state index contributed by atoms with van der Waals surface area (Å²) in [6.07, 6.45) is 1.39. The number of thiazole rings is 1. The highest BCUT2D eigenvalue weighted by atomic mass is 32.1. The lowest BCUT2D eigenvalue weighted by molar-refractivity contribution is -0.118. The van der Waals surface area contributed by atoms with Crippen molar-refractivity contribution in [3.63, 3.8) is 0 Å². The molecule has 4 rings (SSSR count). The van der Waals surface area contributed by atoms with E-state index in [0.29, 0.717) is 17.6 Å². The summed E-state index contributed by atoms with van der Waals surface area (Å²) in [6.45, 7) is 2.24. The molecule has 1 heterocycles. The minimum Gasteiger partial charge on any atom is -0.352 e. The van der Waals surface area contributed by atoms with Crippen LogP contribution in [0.1, 0.15) is 35.7 Å². The van der Waals surface area contributed by atoms with Crippen LogP contribution in [-0.4, -0.2) is 23.3 Å². The van der Waals surface area contributed by atoms with E-state index in [1.807, 2.05) is 48.5 Å². The summed E-state index contributed by atoms with van der Waals surface area (Å²) in [4.78, 5) is 31.7. The Labute approximate surface area is 200 Å². The van der Waals surface area contributed by atoms with E-state index in [4.69, 9.17) is 0 Å². The number of nitrogens with zero attached hydrogens (tertiary/aromatic N) is 2. The van der Waals surface area contributed by atoms with Gasteiger partial charge in [0.2, 0.25) is 5.91 Å². The molecule has 0 radical (unpaired) electrons. The van der Waals surface area contributed by atoms with Gasteiger partial charge in [-0.2, -0.15) is 0 Å². The Morgan fingerprint density at radius 2 is 1.79 bits per heavy atom. The Bertz CT molecular complexity index is 1290. The van der Waals surface area contributed by atoms with Crippen LogP contribution < -0.4 is 10.2 Å². The highest BCUT2D eigenvalue weighted by Crippen LogP contribution is 2.34. The lowest BCUT2D eigenvalue weighted by atomic mass is 10.1. The molecular formula is C26H23F2N3O2S. The first-order chi connectivity index (χ1) is 16.5. The van der Waals surface area contributed by atoms with Crippen molar-refractivity contribution in [3.8, 4) is 0 Å². The fraction of sp³-hybridized carbons (Fsp3) is 0.192. The molecule has 0 saturated carbocycles. The van der Waals surface area contributed by atoms with Crippen molar-refractivity contribution in [1.82, 2.24) is 10.3 Å². The van der Waals surface area contributed by atoms with Crippen LogP contribution in [0.15, 0.2) is 66.7 Å². The molecule has 174 valence electrons. The third kappa shape index (κ3) is 5.28. The summed E-state index contributed by atoms with van der Waals surface area (Å²) in [7, 11) is 0. The first-order valence-electron chi connectivity index (χ1n) is 11.0. The molecule has 0 fully saturated rings. The SMILES string of the molecule is CCc1ccc(N(C(=O)CCCNC(=O)c2ccc(F)cc2F)c2nc3ccccc3s2)cc1. The van der Waals surface area contributed by atoms with E-state index in [1.54, 1.807) is 4.90 Å². The number of halogens is 2. The molecule has 34 heavy (non-hydrogen) atoms. The molecule has 0 bridgehead atoms. The zero-order valence-corrected chi connectivity index (χ0v) is 19.4. The van der Waals surface area contributed by atoms with Gasteiger partial charge in [-0.25, -0.2) is 13.8 Å². The number of nitrogens with one attached hydrogen (secondary N) is 1. The zero-order valence-electron chi connectivity index (χ0n) is 18.6. The van der Waals surface area contributed by atoms with Crippen molar-refractivity contribution < 1.29 is 18.4 Å². The average molecular weight is 480 g/mol. The highest BCUT2D eigenvalue weighted by molar-refractivity contribution is 7.22. The second-order valence-electron chi connectivity index (χ2n) is 7.70. The number of fused-ring (bicyclic) bond motifs is 1. The van der Waals surface area contributed by atoms with E-state index in [1.165, 1.54) is 11.3 Å². The maximum atomic E-state index is 13.8. The quantitative estimate of drug-likeness (QED) is 0.315. The Kier molecular flexibility index (Phi) is 7.27. The third-order valence-corrected chi connectivity index (χ3v) is 6.38. The van der Waals surface area contributed by atoms with Gasteiger partial charge in [0, 0.05) is 19.0 Å². The van der Waals surface area contributed by atoms with Gasteiger partial charge in [-0.05, 0) is 54.8 Å². The van der Waals surface area contributed by atoms with Gasteiger partial charge in [-0.3, -0.25) is 14.5 Å². The van der Waals surface area contributed by atoms with Crippen LogP contribution in [0.2, 0.25) is 0 Å². The van der Waals surface area contributed by atoms with Crippen molar-refractivity contribution in [3.05, 3.63) is 89.5 Å². The Hall–Kier alpha value is -3.65. The van der Waals surface area contributed by atoms with Crippen molar-refractivity contribution in [2.75, 3.05) is 11.4 Å². The van der Waals surface area contributed by atoms with Gasteiger partial charge < -0.3 is 5.32 Å². The molecule has 0 aliphatic rings. The van der Waals surface area contributed by atoms with Gasteiger partial charge >= 0.3 is 0 Å². The largest absolute Gasteiger partial charge is 0.352 e. The fourth-order valence-corrected chi connectivity index (χ4v) is 4.52. The van der Waals surface area contributed by atoms with Gasteiger partial charge in [0.15, 0.2) is 5.13 Å². The third-order valence-electron chi connectivity index (χ3n) is 5.35. The number of para-hydroxylation sites is 1. The van der Waals surface area contributed by atoms with Crippen molar-refractivity contribution in [2.24, 2.45) is 0 Å². The second kappa shape index (κ2) is 10.5. The number of carbonyl (C=O) groups is 2.